The molecule has 0 rings (SSSR count). The number of allylic oxidation sites excluding steroid dienone is 6. The maximum atomic E-state index is 12.0. The number of nitrogens with one attached hydrogen (secondary N) is 1. The number of hydrogen-bond donors (Lipinski definition) is 3. The molecule has 47 heavy (non-hydrogen) atoms. The minimum Gasteiger partial charge on any atom is -0.463 e. The second-order valence-corrected chi connectivity index (χ2v) is 13.7. The highest BCUT2D eigenvalue weighted by molar-refractivity contribution is 7.47. The Labute approximate surface area is 286 Å². The van der Waals surface area contributed by atoms with Gasteiger partial charge in [0.15, 0.2) is 0 Å². The number of amides is 1. The lowest BCUT2D eigenvalue weighted by Crippen LogP contribution is -2.27. The van der Waals surface area contributed by atoms with E-state index in [0.717, 1.165) is 77.0 Å². The van der Waals surface area contributed by atoms with Gasteiger partial charge in [0.05, 0.1) is 13.2 Å². The number of carbonyl (C=O) groups excluding carboxylic acids is 2. The SMILES string of the molecule is CCCCC/C=C\C/C=C\C/C=C\CCCCCCCCCCC(=O)OCC(O)COP(=O)(O)OCCNC(=O)CCCCCCC. The molecule has 0 saturated carbocycles. The average Bonchev–Trinajstić information content (AvgIpc) is 3.05. The molecule has 0 aliphatic carbocycles. The highest BCUT2D eigenvalue weighted by Crippen LogP contribution is 2.42. The topological polar surface area (TPSA) is 131 Å². The van der Waals surface area contributed by atoms with E-state index in [9.17, 15) is 24.2 Å². The summed E-state index contributed by atoms with van der Waals surface area (Å²) in [4.78, 5) is 33.4. The summed E-state index contributed by atoms with van der Waals surface area (Å²) in [5.41, 5.74) is 0. The van der Waals surface area contributed by atoms with Crippen molar-refractivity contribution < 1.29 is 37.9 Å². The van der Waals surface area contributed by atoms with Crippen LogP contribution in [0.4, 0.5) is 0 Å². The summed E-state index contributed by atoms with van der Waals surface area (Å²) < 4.78 is 26.6. The first-order valence-corrected chi connectivity index (χ1v) is 20.0. The van der Waals surface area contributed by atoms with E-state index in [1.807, 2.05) is 0 Å². The molecule has 0 aromatic heterocycles. The van der Waals surface area contributed by atoms with E-state index >= 15 is 0 Å². The fraction of sp³-hybridized carbons (Fsp3) is 0.784. The first kappa shape index (κ1) is 45.2. The largest absolute Gasteiger partial charge is 0.472 e. The quantitative estimate of drug-likeness (QED) is 0.0264. The van der Waals surface area contributed by atoms with Crippen LogP contribution < -0.4 is 5.32 Å². The fourth-order valence-electron chi connectivity index (χ4n) is 4.74. The smallest absolute Gasteiger partial charge is 0.463 e. The minimum atomic E-state index is -4.40. The molecule has 0 aromatic carbocycles. The van der Waals surface area contributed by atoms with Gasteiger partial charge in [-0.05, 0) is 51.4 Å². The van der Waals surface area contributed by atoms with Crippen LogP contribution in [0.3, 0.4) is 0 Å². The molecule has 274 valence electrons. The highest BCUT2D eigenvalue weighted by atomic mass is 31.2. The molecule has 0 heterocycles. The predicted molar refractivity (Wildman–Crippen MR) is 192 cm³/mol. The van der Waals surface area contributed by atoms with Crippen molar-refractivity contribution in [3.8, 4) is 0 Å². The van der Waals surface area contributed by atoms with Crippen LogP contribution in [-0.2, 0) is 27.9 Å². The normalized spacial score (nSPS) is 13.9. The van der Waals surface area contributed by atoms with Crippen LogP contribution in [-0.4, -0.2) is 54.3 Å². The van der Waals surface area contributed by atoms with Crippen LogP contribution in [0.5, 0.6) is 0 Å². The van der Waals surface area contributed by atoms with Crippen molar-refractivity contribution in [1.82, 2.24) is 5.32 Å². The second-order valence-electron chi connectivity index (χ2n) is 12.2. The molecule has 3 N–H and O–H groups in total. The van der Waals surface area contributed by atoms with Crippen molar-refractivity contribution in [2.24, 2.45) is 0 Å². The second kappa shape index (κ2) is 34.1. The Kier molecular flexibility index (Phi) is 32.8. The molecule has 0 aliphatic heterocycles. The molecule has 0 bridgehead atoms. The van der Waals surface area contributed by atoms with Crippen molar-refractivity contribution in [2.75, 3.05) is 26.4 Å². The molecule has 0 aliphatic rings. The van der Waals surface area contributed by atoms with Gasteiger partial charge in [-0.3, -0.25) is 18.6 Å². The summed E-state index contributed by atoms with van der Waals surface area (Å²) >= 11 is 0. The Morgan fingerprint density at radius 1 is 0.660 bits per heavy atom. The van der Waals surface area contributed by atoms with Crippen LogP contribution in [0.25, 0.3) is 0 Å². The van der Waals surface area contributed by atoms with Gasteiger partial charge in [0.2, 0.25) is 5.91 Å². The van der Waals surface area contributed by atoms with Gasteiger partial charge >= 0.3 is 13.8 Å². The van der Waals surface area contributed by atoms with E-state index in [-0.39, 0.29) is 32.1 Å². The number of unbranched alkanes of at least 4 members (excludes halogenated alkanes) is 15. The van der Waals surface area contributed by atoms with E-state index in [4.69, 9.17) is 13.8 Å². The van der Waals surface area contributed by atoms with Crippen molar-refractivity contribution >= 4 is 19.7 Å². The summed E-state index contributed by atoms with van der Waals surface area (Å²) in [5, 5.41) is 12.6. The van der Waals surface area contributed by atoms with Crippen molar-refractivity contribution in [2.45, 2.75) is 161 Å². The lowest BCUT2D eigenvalue weighted by molar-refractivity contribution is -0.147. The zero-order chi connectivity index (χ0) is 34.7. The third-order valence-corrected chi connectivity index (χ3v) is 8.56. The van der Waals surface area contributed by atoms with E-state index < -0.39 is 26.5 Å². The Hall–Kier alpha value is -1.77. The molecular weight excluding hydrogens is 617 g/mol. The van der Waals surface area contributed by atoms with Gasteiger partial charge in [-0.25, -0.2) is 4.57 Å². The lowest BCUT2D eigenvalue weighted by atomic mass is 10.1. The van der Waals surface area contributed by atoms with Gasteiger partial charge in [0, 0.05) is 19.4 Å². The molecule has 9 nitrogen and oxygen atoms in total. The summed E-state index contributed by atoms with van der Waals surface area (Å²) in [6, 6.07) is 0. The van der Waals surface area contributed by atoms with Crippen molar-refractivity contribution in [3.63, 3.8) is 0 Å². The zero-order valence-corrected chi connectivity index (χ0v) is 30.6. The Bertz CT molecular complexity index is 876. The van der Waals surface area contributed by atoms with E-state index in [2.05, 4.69) is 55.6 Å². The molecule has 0 saturated heterocycles. The Morgan fingerprint density at radius 3 is 1.77 bits per heavy atom. The van der Waals surface area contributed by atoms with Crippen LogP contribution in [0, 0.1) is 0 Å². The summed E-state index contributed by atoms with van der Waals surface area (Å²) in [7, 11) is -4.40. The average molecular weight is 686 g/mol. The number of phosphoric acid groups is 1. The molecule has 2 atom stereocenters. The van der Waals surface area contributed by atoms with Crippen LogP contribution in [0.15, 0.2) is 36.5 Å². The minimum absolute atomic E-state index is 0.0796. The Morgan fingerprint density at radius 2 is 1.15 bits per heavy atom. The van der Waals surface area contributed by atoms with E-state index in [1.165, 1.54) is 51.4 Å². The Balaban J connectivity index is 3.60. The number of esters is 1. The van der Waals surface area contributed by atoms with Gasteiger partial charge < -0.3 is 20.1 Å². The monoisotopic (exact) mass is 685 g/mol. The van der Waals surface area contributed by atoms with Crippen molar-refractivity contribution in [1.29, 1.82) is 0 Å². The van der Waals surface area contributed by atoms with E-state index in [0.29, 0.717) is 6.42 Å². The number of rotatable bonds is 34. The number of ether oxygens (including phenoxy) is 1. The fourth-order valence-corrected chi connectivity index (χ4v) is 5.49. The van der Waals surface area contributed by atoms with Gasteiger partial charge in [-0.15, -0.1) is 0 Å². The third kappa shape index (κ3) is 35.4. The number of hydrogen-bond acceptors (Lipinski definition) is 7. The molecule has 1 amide bonds. The van der Waals surface area contributed by atoms with Crippen molar-refractivity contribution in [3.05, 3.63) is 36.5 Å². The van der Waals surface area contributed by atoms with E-state index in [1.54, 1.807) is 0 Å². The van der Waals surface area contributed by atoms with Crippen LogP contribution in [0.1, 0.15) is 155 Å². The van der Waals surface area contributed by atoms with Gasteiger partial charge in [-0.1, -0.05) is 127 Å². The molecule has 10 heteroatoms. The summed E-state index contributed by atoms with van der Waals surface area (Å²) in [6.07, 6.45) is 35.4. The molecule has 0 spiro atoms. The van der Waals surface area contributed by atoms with Gasteiger partial charge in [0.1, 0.15) is 12.7 Å². The third-order valence-electron chi connectivity index (χ3n) is 7.57. The number of phosphoric ester groups is 1. The summed E-state index contributed by atoms with van der Waals surface area (Å²) in [6.45, 7) is 3.41. The maximum absolute atomic E-state index is 12.0. The zero-order valence-electron chi connectivity index (χ0n) is 29.7. The van der Waals surface area contributed by atoms with Gasteiger partial charge in [-0.2, -0.15) is 0 Å². The maximum Gasteiger partial charge on any atom is 0.472 e. The number of aliphatic hydroxyl groups is 1. The summed E-state index contributed by atoms with van der Waals surface area (Å²) in [5.74, 6) is -0.538. The molecule has 0 aromatic rings. The molecule has 0 radical (unpaired) electrons. The van der Waals surface area contributed by atoms with Gasteiger partial charge in [0.25, 0.3) is 0 Å². The predicted octanol–water partition coefficient (Wildman–Crippen LogP) is 9.43. The number of aliphatic hydroxyl groups excluding tert-OH is 1. The molecule has 2 unspecified atom stereocenters. The standard InChI is InChI=1S/C37H68NO8P/c1-3-5-7-9-10-11-12-13-14-15-16-17-18-19-20-21-22-23-24-26-28-30-37(41)44-33-35(39)34-46-47(42,43)45-32-31-38-36(40)29-27-25-8-6-4-2/h10-11,13-14,16-17,35,39H,3-9,12,15,18-34H2,1-2H3,(H,38,40)(H,42,43)/b11-10-,14-13-,17-16-. The molecule has 0 fully saturated rings. The lowest BCUT2D eigenvalue weighted by Gasteiger charge is -2.15. The van der Waals surface area contributed by atoms with Crippen LogP contribution in [0.2, 0.25) is 0 Å². The first-order valence-electron chi connectivity index (χ1n) is 18.5. The highest BCUT2D eigenvalue weighted by Gasteiger charge is 2.23. The molecular formula is C37H68NO8P. The van der Waals surface area contributed by atoms with Crippen LogP contribution >= 0.6 is 7.82 Å². The first-order chi connectivity index (χ1) is 22.8. The number of carbonyl (C=O) groups is 2.